The Kier molecular flexibility index (Phi) is 7.03. The van der Waals surface area contributed by atoms with Crippen LogP contribution in [-0.4, -0.2) is 13.2 Å². The second-order valence-corrected chi connectivity index (χ2v) is 1.67. The van der Waals surface area contributed by atoms with E-state index in [2.05, 4.69) is 0 Å². The smallest absolute Gasteiger partial charge is 1.00 e. The van der Waals surface area contributed by atoms with Crippen LogP contribution in [0.25, 0.3) is 0 Å². The topological polar surface area (TPSA) is 9.23 Å². The minimum Gasteiger partial charge on any atom is -1.00 e. The van der Waals surface area contributed by atoms with E-state index in [-0.39, 0.29) is 52.8 Å². The predicted molar refractivity (Wildman–Crippen MR) is 25.8 cm³/mol. The van der Waals surface area contributed by atoms with Crippen molar-refractivity contribution in [3.63, 3.8) is 0 Å². The Bertz CT molecular complexity index is 27.9. The molecule has 0 amide bonds. The van der Waals surface area contributed by atoms with Gasteiger partial charge in [-0.1, -0.05) is 0 Å². The van der Waals surface area contributed by atoms with Crippen molar-refractivity contribution in [2.75, 3.05) is 13.2 Å². The Morgan fingerprint density at radius 2 is 1.57 bits per heavy atom. The van der Waals surface area contributed by atoms with Crippen LogP contribution < -0.4 is 51.4 Å². The molecule has 1 fully saturated rings. The van der Waals surface area contributed by atoms with E-state index in [1.54, 1.807) is 0 Å². The summed E-state index contributed by atoms with van der Waals surface area (Å²) in [6, 6.07) is 0. The molecule has 0 aromatic heterocycles. The maximum absolute atomic E-state index is 5.07. The largest absolute Gasteiger partial charge is 1.00 e. The van der Waals surface area contributed by atoms with Gasteiger partial charge in [-0.3, -0.25) is 0 Å². The Labute approximate surface area is 88.7 Å². The van der Waals surface area contributed by atoms with Crippen molar-refractivity contribution < 1.29 is 57.5 Å². The van der Waals surface area contributed by atoms with Crippen LogP contribution >= 0.6 is 0 Å². The molecule has 1 nitrogen and oxygen atoms in total. The third kappa shape index (κ3) is 4.12. The minimum atomic E-state index is 0. The van der Waals surface area contributed by atoms with Crippen LogP contribution in [0.15, 0.2) is 0 Å². The van der Waals surface area contributed by atoms with Gasteiger partial charge >= 0.3 is 51.4 Å². The fraction of sp³-hybridized carbons (Fsp3) is 1.00. The third-order valence-corrected chi connectivity index (χ3v) is 1.08. The van der Waals surface area contributed by atoms with E-state index in [1.807, 2.05) is 0 Å². The van der Waals surface area contributed by atoms with Crippen molar-refractivity contribution >= 4 is 0 Å². The Morgan fingerprint density at radius 3 is 1.71 bits per heavy atom. The number of rotatable bonds is 0. The average Bonchev–Trinajstić information content (AvgIpc) is 1.72. The van der Waals surface area contributed by atoms with E-state index in [1.165, 1.54) is 19.3 Å². The fourth-order valence-electron chi connectivity index (χ4n) is 0.687. The summed E-state index contributed by atoms with van der Waals surface area (Å²) in [5.41, 5.74) is 0. The summed E-state index contributed by atoms with van der Waals surface area (Å²) in [6.45, 7) is 2.00. The number of ether oxygens (including phenoxy) is 1. The van der Waals surface area contributed by atoms with Crippen LogP contribution in [0.5, 0.6) is 0 Å². The molecule has 0 unspecified atom stereocenters. The summed E-state index contributed by atoms with van der Waals surface area (Å²) in [6.07, 6.45) is 3.93. The van der Waals surface area contributed by atoms with E-state index in [4.69, 9.17) is 4.74 Å². The summed E-state index contributed by atoms with van der Waals surface area (Å²) in [4.78, 5) is 0. The summed E-state index contributed by atoms with van der Waals surface area (Å²) in [5.74, 6) is 0. The Morgan fingerprint density at radius 1 is 1.00 bits per heavy atom. The normalized spacial score (nSPS) is 20.6. The number of hydrogen-bond acceptors (Lipinski definition) is 1. The molecule has 0 radical (unpaired) electrons. The molecule has 1 rings (SSSR count). The summed E-state index contributed by atoms with van der Waals surface area (Å²) in [7, 11) is 0. The first-order valence-electron chi connectivity index (χ1n) is 2.58. The van der Waals surface area contributed by atoms with Gasteiger partial charge in [-0.2, -0.15) is 0 Å². The maximum atomic E-state index is 5.07. The molecule has 38 valence electrons. The third-order valence-electron chi connectivity index (χ3n) is 1.08. The standard InChI is InChI=1S/C5H10O.K.H/c1-2-4-6-5-3-1;;/h1-5H2;;/q;+1;-1. The zero-order valence-electron chi connectivity index (χ0n) is 5.94. The molecular weight excluding hydrogens is 115 g/mol. The molecule has 1 heterocycles. The van der Waals surface area contributed by atoms with Crippen molar-refractivity contribution in [2.45, 2.75) is 19.3 Å². The van der Waals surface area contributed by atoms with Gasteiger partial charge in [0.1, 0.15) is 0 Å². The monoisotopic (exact) mass is 126 g/mol. The molecular formula is C5H11KO. The molecule has 1 aliphatic rings. The zero-order valence-corrected chi connectivity index (χ0v) is 8.07. The van der Waals surface area contributed by atoms with E-state index >= 15 is 0 Å². The van der Waals surface area contributed by atoms with E-state index in [0.29, 0.717) is 0 Å². The molecule has 0 atom stereocenters. The molecule has 0 saturated carbocycles. The van der Waals surface area contributed by atoms with Crippen LogP contribution in [0.4, 0.5) is 0 Å². The van der Waals surface area contributed by atoms with Crippen LogP contribution in [0.1, 0.15) is 20.7 Å². The van der Waals surface area contributed by atoms with Crippen LogP contribution in [-0.2, 0) is 4.74 Å². The summed E-state index contributed by atoms with van der Waals surface area (Å²) in [5, 5.41) is 0. The van der Waals surface area contributed by atoms with Crippen LogP contribution in [0.2, 0.25) is 0 Å². The molecule has 7 heavy (non-hydrogen) atoms. The minimum absolute atomic E-state index is 0. The van der Waals surface area contributed by atoms with Crippen LogP contribution in [0, 0.1) is 0 Å². The van der Waals surface area contributed by atoms with Crippen LogP contribution in [0.3, 0.4) is 0 Å². The van der Waals surface area contributed by atoms with Gasteiger partial charge in [0.2, 0.25) is 0 Å². The van der Waals surface area contributed by atoms with Crippen molar-refractivity contribution in [1.82, 2.24) is 0 Å². The van der Waals surface area contributed by atoms with E-state index < -0.39 is 0 Å². The van der Waals surface area contributed by atoms with Gasteiger partial charge in [-0.05, 0) is 19.3 Å². The van der Waals surface area contributed by atoms with Crippen molar-refractivity contribution in [2.24, 2.45) is 0 Å². The first-order chi connectivity index (χ1) is 3.00. The predicted octanol–water partition coefficient (Wildman–Crippen LogP) is -1.70. The zero-order chi connectivity index (χ0) is 4.24. The van der Waals surface area contributed by atoms with Gasteiger partial charge in [-0.15, -0.1) is 0 Å². The number of hydrogen-bond donors (Lipinski definition) is 0. The van der Waals surface area contributed by atoms with Gasteiger partial charge in [0.05, 0.1) is 0 Å². The molecule has 0 aliphatic carbocycles. The maximum Gasteiger partial charge on any atom is 1.00 e. The molecule has 0 aromatic carbocycles. The Balaban J connectivity index is 0. The summed E-state index contributed by atoms with van der Waals surface area (Å²) < 4.78 is 5.07. The first-order valence-corrected chi connectivity index (χ1v) is 2.58. The molecule has 1 saturated heterocycles. The SMILES string of the molecule is C1CCOCC1.[H-].[K+]. The second kappa shape index (κ2) is 5.73. The van der Waals surface area contributed by atoms with Gasteiger partial charge < -0.3 is 6.16 Å². The summed E-state index contributed by atoms with van der Waals surface area (Å²) >= 11 is 0. The van der Waals surface area contributed by atoms with Gasteiger partial charge in [0.25, 0.3) is 0 Å². The second-order valence-electron chi connectivity index (χ2n) is 1.67. The van der Waals surface area contributed by atoms with Gasteiger partial charge in [0, 0.05) is 13.2 Å². The molecule has 0 aromatic rings. The molecule has 2 heteroatoms. The first kappa shape index (κ1) is 8.60. The molecule has 1 aliphatic heterocycles. The van der Waals surface area contributed by atoms with Crippen molar-refractivity contribution in [1.29, 1.82) is 0 Å². The Hall–Kier alpha value is 1.60. The average molecular weight is 126 g/mol. The van der Waals surface area contributed by atoms with Crippen molar-refractivity contribution in [3.8, 4) is 0 Å². The van der Waals surface area contributed by atoms with E-state index in [0.717, 1.165) is 13.2 Å². The molecule has 0 bridgehead atoms. The molecule has 0 N–H and O–H groups in total. The van der Waals surface area contributed by atoms with Gasteiger partial charge in [-0.25, -0.2) is 0 Å². The molecule has 0 spiro atoms. The van der Waals surface area contributed by atoms with Gasteiger partial charge in [0.15, 0.2) is 0 Å². The fourth-order valence-corrected chi connectivity index (χ4v) is 0.687. The quantitative estimate of drug-likeness (QED) is 0.352. The van der Waals surface area contributed by atoms with E-state index in [9.17, 15) is 0 Å². The van der Waals surface area contributed by atoms with Crippen molar-refractivity contribution in [3.05, 3.63) is 0 Å².